The molecule has 0 fully saturated rings. The molecule has 1 aromatic rings. The van der Waals surface area contributed by atoms with E-state index in [1.54, 1.807) is 0 Å². The number of carbonyl (C=O) groups excluding carboxylic acids is 1. The van der Waals surface area contributed by atoms with Crippen LogP contribution in [0, 0.1) is 0 Å². The summed E-state index contributed by atoms with van der Waals surface area (Å²) in [6.07, 6.45) is 1.15. The summed E-state index contributed by atoms with van der Waals surface area (Å²) in [7, 11) is 1.34. The minimum Gasteiger partial charge on any atom is -0.482 e. The Morgan fingerprint density at radius 2 is 2.05 bits per heavy atom. The molecule has 19 heavy (non-hydrogen) atoms. The Hall–Kier alpha value is -1.36. The van der Waals surface area contributed by atoms with Crippen LogP contribution in [0.2, 0.25) is 0 Å². The van der Waals surface area contributed by atoms with Crippen molar-refractivity contribution in [1.29, 1.82) is 0 Å². The molecule has 0 bridgehead atoms. The molecule has 0 spiro atoms. The highest BCUT2D eigenvalue weighted by molar-refractivity contribution is 7.99. The van der Waals surface area contributed by atoms with Gasteiger partial charge in [-0.15, -0.1) is 0 Å². The molecule has 0 aromatic heterocycles. The van der Waals surface area contributed by atoms with Crippen LogP contribution >= 0.6 is 11.8 Å². The lowest BCUT2D eigenvalue weighted by atomic mass is 10.3. The van der Waals surface area contributed by atoms with Gasteiger partial charge in [-0.25, -0.2) is 4.79 Å². The Labute approximate surface area is 118 Å². The smallest absolute Gasteiger partial charge is 0.343 e. The van der Waals surface area contributed by atoms with Crippen molar-refractivity contribution in [1.82, 2.24) is 0 Å². The number of hydrogen-bond acceptors (Lipinski definition) is 5. The first-order chi connectivity index (χ1) is 9.26. The van der Waals surface area contributed by atoms with Crippen molar-refractivity contribution in [2.24, 2.45) is 0 Å². The maximum atomic E-state index is 10.9. The predicted octanol–water partition coefficient (Wildman–Crippen LogP) is 2.79. The molecule has 0 aliphatic carbocycles. The average molecular weight is 283 g/mol. The quantitative estimate of drug-likeness (QED) is 0.558. The van der Waals surface area contributed by atoms with Crippen LogP contribution in [0.15, 0.2) is 24.3 Å². The third-order valence-electron chi connectivity index (χ3n) is 2.44. The van der Waals surface area contributed by atoms with E-state index < -0.39 is 0 Å². The molecule has 0 saturated heterocycles. The number of nitrogens with one attached hydrogen (secondary N) is 1. The fourth-order valence-electron chi connectivity index (χ4n) is 1.42. The summed E-state index contributed by atoms with van der Waals surface area (Å²) in [5.41, 5.74) is 1.06. The number of benzene rings is 1. The average Bonchev–Trinajstić information content (AvgIpc) is 2.45. The van der Waals surface area contributed by atoms with Crippen LogP contribution in [0.4, 0.5) is 5.69 Å². The molecule has 0 atom stereocenters. The highest BCUT2D eigenvalue weighted by Gasteiger charge is 2.01. The number of esters is 1. The van der Waals surface area contributed by atoms with Gasteiger partial charge in [0.25, 0.3) is 0 Å². The second-order valence-electron chi connectivity index (χ2n) is 3.87. The first-order valence-corrected chi connectivity index (χ1v) is 7.53. The van der Waals surface area contributed by atoms with E-state index in [1.807, 2.05) is 36.0 Å². The van der Waals surface area contributed by atoms with Gasteiger partial charge >= 0.3 is 5.97 Å². The van der Waals surface area contributed by atoms with E-state index in [0.29, 0.717) is 5.75 Å². The fraction of sp³-hybridized carbons (Fsp3) is 0.500. The van der Waals surface area contributed by atoms with Gasteiger partial charge in [-0.3, -0.25) is 0 Å². The predicted molar refractivity (Wildman–Crippen MR) is 80.1 cm³/mol. The Kier molecular flexibility index (Phi) is 7.89. The highest BCUT2D eigenvalue weighted by Crippen LogP contribution is 2.15. The van der Waals surface area contributed by atoms with Gasteiger partial charge in [0.15, 0.2) is 6.61 Å². The van der Waals surface area contributed by atoms with Crippen LogP contribution in [0.25, 0.3) is 0 Å². The first kappa shape index (κ1) is 15.7. The Morgan fingerprint density at radius 3 is 2.68 bits per heavy atom. The lowest BCUT2D eigenvalue weighted by molar-refractivity contribution is -0.142. The largest absolute Gasteiger partial charge is 0.482 e. The van der Waals surface area contributed by atoms with Crippen LogP contribution in [0.5, 0.6) is 5.75 Å². The summed E-state index contributed by atoms with van der Waals surface area (Å²) in [5, 5.41) is 3.35. The molecule has 0 saturated carbocycles. The van der Waals surface area contributed by atoms with Gasteiger partial charge in [-0.1, -0.05) is 6.92 Å². The number of rotatable bonds is 9. The van der Waals surface area contributed by atoms with Crippen LogP contribution in [0.1, 0.15) is 13.3 Å². The van der Waals surface area contributed by atoms with Crippen LogP contribution < -0.4 is 10.1 Å². The van der Waals surface area contributed by atoms with Gasteiger partial charge in [0.05, 0.1) is 7.11 Å². The summed E-state index contributed by atoms with van der Waals surface area (Å²) in [4.78, 5) is 10.9. The van der Waals surface area contributed by atoms with E-state index in [1.165, 1.54) is 18.6 Å². The van der Waals surface area contributed by atoms with Crippen molar-refractivity contribution in [3.05, 3.63) is 24.3 Å². The zero-order valence-corrected chi connectivity index (χ0v) is 12.3. The molecule has 4 nitrogen and oxygen atoms in total. The molecular formula is C14H21NO3S. The number of anilines is 1. The molecule has 1 rings (SSSR count). The topological polar surface area (TPSA) is 47.6 Å². The second kappa shape index (κ2) is 9.55. The van der Waals surface area contributed by atoms with Crippen LogP contribution in [-0.2, 0) is 9.53 Å². The molecule has 0 amide bonds. The Bertz CT molecular complexity index is 367. The summed E-state index contributed by atoms with van der Waals surface area (Å²) < 4.78 is 9.77. The van der Waals surface area contributed by atoms with Gasteiger partial charge in [0.1, 0.15) is 5.75 Å². The third-order valence-corrected chi connectivity index (χ3v) is 3.42. The lowest BCUT2D eigenvalue weighted by Crippen LogP contribution is -2.12. The zero-order chi connectivity index (χ0) is 13.9. The second-order valence-corrected chi connectivity index (χ2v) is 5.26. The molecule has 5 heteroatoms. The zero-order valence-electron chi connectivity index (χ0n) is 11.5. The SMILES string of the molecule is CCSCCCNc1ccc(OCC(=O)OC)cc1. The molecular weight excluding hydrogens is 262 g/mol. The summed E-state index contributed by atoms with van der Waals surface area (Å²) in [6.45, 7) is 3.08. The Balaban J connectivity index is 2.25. The fourth-order valence-corrected chi connectivity index (χ4v) is 2.06. The van der Waals surface area contributed by atoms with Gasteiger partial charge in [-0.05, 0) is 42.2 Å². The number of methoxy groups -OCH3 is 1. The minimum atomic E-state index is -0.379. The van der Waals surface area contributed by atoms with Crippen molar-refractivity contribution in [2.75, 3.05) is 37.1 Å². The van der Waals surface area contributed by atoms with E-state index in [4.69, 9.17) is 4.74 Å². The maximum Gasteiger partial charge on any atom is 0.343 e. The molecule has 1 aromatic carbocycles. The van der Waals surface area contributed by atoms with E-state index >= 15 is 0 Å². The van der Waals surface area contributed by atoms with Crippen molar-refractivity contribution < 1.29 is 14.3 Å². The monoisotopic (exact) mass is 283 g/mol. The van der Waals surface area contributed by atoms with Crippen LogP contribution in [0.3, 0.4) is 0 Å². The molecule has 0 unspecified atom stereocenters. The molecule has 0 heterocycles. The third kappa shape index (κ3) is 6.96. The van der Waals surface area contributed by atoms with E-state index in [9.17, 15) is 4.79 Å². The summed E-state index contributed by atoms with van der Waals surface area (Å²) in [5.74, 6) is 2.64. The van der Waals surface area contributed by atoms with Crippen molar-refractivity contribution >= 4 is 23.4 Å². The Morgan fingerprint density at radius 1 is 1.32 bits per heavy atom. The molecule has 0 aliphatic heterocycles. The van der Waals surface area contributed by atoms with Gasteiger partial charge in [-0.2, -0.15) is 11.8 Å². The van der Waals surface area contributed by atoms with E-state index in [-0.39, 0.29) is 12.6 Å². The molecule has 0 radical (unpaired) electrons. The normalized spacial score (nSPS) is 10.0. The first-order valence-electron chi connectivity index (χ1n) is 6.37. The van der Waals surface area contributed by atoms with Crippen LogP contribution in [-0.4, -0.2) is 37.7 Å². The van der Waals surface area contributed by atoms with Crippen molar-refractivity contribution in [2.45, 2.75) is 13.3 Å². The number of ether oxygens (including phenoxy) is 2. The van der Waals surface area contributed by atoms with Crippen molar-refractivity contribution in [3.8, 4) is 5.75 Å². The minimum absolute atomic E-state index is 0.0580. The van der Waals surface area contributed by atoms with Gasteiger partial charge in [0, 0.05) is 12.2 Å². The van der Waals surface area contributed by atoms with Gasteiger partial charge in [0.2, 0.25) is 0 Å². The highest BCUT2D eigenvalue weighted by atomic mass is 32.2. The van der Waals surface area contributed by atoms with Crippen molar-refractivity contribution in [3.63, 3.8) is 0 Å². The molecule has 106 valence electrons. The summed E-state index contributed by atoms with van der Waals surface area (Å²) in [6, 6.07) is 7.57. The molecule has 1 N–H and O–H groups in total. The number of hydrogen-bond donors (Lipinski definition) is 1. The standard InChI is InChI=1S/C14H21NO3S/c1-3-19-10-4-9-15-12-5-7-13(8-6-12)18-11-14(16)17-2/h5-8,15H,3-4,9-11H2,1-2H3. The number of thioether (sulfide) groups is 1. The van der Waals surface area contributed by atoms with Gasteiger partial charge < -0.3 is 14.8 Å². The van der Waals surface area contributed by atoms with E-state index in [2.05, 4.69) is 17.0 Å². The van der Waals surface area contributed by atoms with E-state index in [0.717, 1.165) is 18.7 Å². The lowest BCUT2D eigenvalue weighted by Gasteiger charge is -2.08. The summed E-state index contributed by atoms with van der Waals surface area (Å²) >= 11 is 1.95. The maximum absolute atomic E-state index is 10.9. The number of carbonyl (C=O) groups is 1. The molecule has 0 aliphatic rings.